The first-order valence-electron chi connectivity index (χ1n) is 7.65. The number of ether oxygens (including phenoxy) is 1. The highest BCUT2D eigenvalue weighted by Crippen LogP contribution is 2.43. The van der Waals surface area contributed by atoms with Crippen molar-refractivity contribution in [2.24, 2.45) is 0 Å². The molecular formula is C18H14Cl3NO3S. The van der Waals surface area contributed by atoms with E-state index in [9.17, 15) is 9.59 Å². The normalized spacial score (nSPS) is 19.5. The molecule has 4 nitrogen and oxygen atoms in total. The van der Waals surface area contributed by atoms with Crippen molar-refractivity contribution in [3.8, 4) is 0 Å². The Morgan fingerprint density at radius 3 is 2.54 bits per heavy atom. The summed E-state index contributed by atoms with van der Waals surface area (Å²) in [6, 6.07) is 11.1. The molecular weight excluding hydrogens is 417 g/mol. The maximum absolute atomic E-state index is 13.2. The van der Waals surface area contributed by atoms with Gasteiger partial charge in [-0.15, -0.1) is 11.8 Å². The van der Waals surface area contributed by atoms with E-state index in [0.29, 0.717) is 26.4 Å². The SMILES string of the molecule is COC(=O)C1CSC(c2ccc(Cl)c(Cl)c2)N1C(=O)c1cccc(Cl)c1. The Hall–Kier alpha value is -1.40. The van der Waals surface area contributed by atoms with Gasteiger partial charge in [0.2, 0.25) is 0 Å². The van der Waals surface area contributed by atoms with Crippen molar-refractivity contribution >= 4 is 58.4 Å². The van der Waals surface area contributed by atoms with Gasteiger partial charge in [0.25, 0.3) is 5.91 Å². The highest BCUT2D eigenvalue weighted by Gasteiger charge is 2.43. The second-order valence-corrected chi connectivity index (χ2v) is 7.98. The van der Waals surface area contributed by atoms with Gasteiger partial charge in [-0.05, 0) is 35.9 Å². The number of hydrogen-bond acceptors (Lipinski definition) is 4. The van der Waals surface area contributed by atoms with E-state index in [0.717, 1.165) is 5.56 Å². The Balaban J connectivity index is 2.02. The number of thioether (sulfide) groups is 1. The average molecular weight is 431 g/mol. The van der Waals surface area contributed by atoms with E-state index in [1.54, 1.807) is 42.5 Å². The van der Waals surface area contributed by atoms with Crippen LogP contribution in [0.1, 0.15) is 21.3 Å². The lowest BCUT2D eigenvalue weighted by Gasteiger charge is -2.28. The number of methoxy groups -OCH3 is 1. The topological polar surface area (TPSA) is 46.6 Å². The Labute approximate surface area is 170 Å². The molecule has 1 aliphatic rings. The lowest BCUT2D eigenvalue weighted by Crippen LogP contribution is -2.43. The fourth-order valence-corrected chi connectivity index (χ4v) is 4.67. The minimum Gasteiger partial charge on any atom is -0.467 e. The van der Waals surface area contributed by atoms with Crippen molar-refractivity contribution in [3.63, 3.8) is 0 Å². The molecule has 136 valence electrons. The van der Waals surface area contributed by atoms with Crippen LogP contribution in [0.3, 0.4) is 0 Å². The molecule has 0 aromatic heterocycles. The van der Waals surface area contributed by atoms with Crippen molar-refractivity contribution in [2.45, 2.75) is 11.4 Å². The Morgan fingerprint density at radius 1 is 1.12 bits per heavy atom. The summed E-state index contributed by atoms with van der Waals surface area (Å²) in [5.41, 5.74) is 1.19. The van der Waals surface area contributed by atoms with Gasteiger partial charge in [0.05, 0.1) is 17.2 Å². The summed E-state index contributed by atoms with van der Waals surface area (Å²) in [7, 11) is 1.31. The highest BCUT2D eigenvalue weighted by molar-refractivity contribution is 7.99. The second kappa shape index (κ2) is 8.09. The average Bonchev–Trinajstić information content (AvgIpc) is 3.07. The zero-order valence-electron chi connectivity index (χ0n) is 13.6. The molecule has 2 unspecified atom stereocenters. The number of halogens is 3. The molecule has 26 heavy (non-hydrogen) atoms. The molecule has 1 heterocycles. The van der Waals surface area contributed by atoms with Crippen LogP contribution in [0.2, 0.25) is 15.1 Å². The molecule has 0 bridgehead atoms. The molecule has 8 heteroatoms. The third kappa shape index (κ3) is 3.81. The molecule has 0 radical (unpaired) electrons. The second-order valence-electron chi connectivity index (χ2n) is 5.62. The summed E-state index contributed by atoms with van der Waals surface area (Å²) in [5, 5.41) is 0.876. The Bertz CT molecular complexity index is 861. The van der Waals surface area contributed by atoms with Crippen molar-refractivity contribution in [1.82, 2.24) is 4.90 Å². The number of rotatable bonds is 3. The molecule has 2 aromatic carbocycles. The summed E-state index contributed by atoms with van der Waals surface area (Å²) in [6.07, 6.45) is 0. The largest absolute Gasteiger partial charge is 0.467 e. The quantitative estimate of drug-likeness (QED) is 0.637. The Morgan fingerprint density at radius 2 is 1.88 bits per heavy atom. The van der Waals surface area contributed by atoms with Crippen LogP contribution in [0.15, 0.2) is 42.5 Å². The molecule has 3 rings (SSSR count). The summed E-state index contributed by atoms with van der Waals surface area (Å²) >= 11 is 19.6. The molecule has 0 saturated carbocycles. The first-order chi connectivity index (χ1) is 12.4. The number of carbonyl (C=O) groups excluding carboxylic acids is 2. The fraction of sp³-hybridized carbons (Fsp3) is 0.222. The van der Waals surface area contributed by atoms with Crippen molar-refractivity contribution in [1.29, 1.82) is 0 Å². The summed E-state index contributed by atoms with van der Waals surface area (Å²) in [5.74, 6) is -0.344. The van der Waals surface area contributed by atoms with Crippen LogP contribution in [0, 0.1) is 0 Å². The Kier molecular flexibility index (Phi) is 6.03. The summed E-state index contributed by atoms with van der Waals surface area (Å²) in [6.45, 7) is 0. The summed E-state index contributed by atoms with van der Waals surface area (Å²) in [4.78, 5) is 26.9. The third-order valence-electron chi connectivity index (χ3n) is 4.01. The predicted octanol–water partition coefficient (Wildman–Crippen LogP) is 5.08. The van der Waals surface area contributed by atoms with Crippen molar-refractivity contribution in [3.05, 3.63) is 68.7 Å². The first kappa shape index (κ1) is 19.4. The number of carbonyl (C=O) groups is 2. The lowest BCUT2D eigenvalue weighted by atomic mass is 10.1. The van der Waals surface area contributed by atoms with Crippen LogP contribution in [0.4, 0.5) is 0 Å². The van der Waals surface area contributed by atoms with Gasteiger partial charge in [-0.1, -0.05) is 46.9 Å². The van der Waals surface area contributed by atoms with E-state index < -0.39 is 12.0 Å². The smallest absolute Gasteiger partial charge is 0.329 e. The van der Waals surface area contributed by atoms with E-state index in [1.165, 1.54) is 23.8 Å². The van der Waals surface area contributed by atoms with E-state index in [-0.39, 0.29) is 11.3 Å². The zero-order valence-corrected chi connectivity index (χ0v) is 16.7. The van der Waals surface area contributed by atoms with E-state index in [4.69, 9.17) is 39.5 Å². The van der Waals surface area contributed by atoms with Gasteiger partial charge >= 0.3 is 5.97 Å². The highest BCUT2D eigenvalue weighted by atomic mass is 35.5. The van der Waals surface area contributed by atoms with Crippen LogP contribution in [-0.4, -0.2) is 35.7 Å². The minimum absolute atomic E-state index is 0.302. The van der Waals surface area contributed by atoms with Gasteiger partial charge < -0.3 is 9.64 Å². The summed E-state index contributed by atoms with van der Waals surface area (Å²) < 4.78 is 4.88. The van der Waals surface area contributed by atoms with Gasteiger partial charge in [-0.25, -0.2) is 4.79 Å². The van der Waals surface area contributed by atoms with Crippen molar-refractivity contribution < 1.29 is 14.3 Å². The lowest BCUT2D eigenvalue weighted by molar-refractivity contribution is -0.145. The van der Waals surface area contributed by atoms with Crippen LogP contribution >= 0.6 is 46.6 Å². The standard InChI is InChI=1S/C18H14Cl3NO3S/c1-25-18(24)15-9-26-17(11-5-6-13(20)14(21)8-11)22(15)16(23)10-3-2-4-12(19)7-10/h2-8,15,17H,9H2,1H3. The third-order valence-corrected chi connectivity index (χ3v) is 6.31. The van der Waals surface area contributed by atoms with Crippen LogP contribution < -0.4 is 0 Å². The zero-order chi connectivity index (χ0) is 18.8. The molecule has 1 amide bonds. The molecule has 1 fully saturated rings. The van der Waals surface area contributed by atoms with Crippen molar-refractivity contribution in [2.75, 3.05) is 12.9 Å². The number of benzene rings is 2. The van der Waals surface area contributed by atoms with E-state index >= 15 is 0 Å². The van der Waals surface area contributed by atoms with E-state index in [2.05, 4.69) is 0 Å². The molecule has 0 spiro atoms. The number of hydrogen-bond donors (Lipinski definition) is 0. The van der Waals surface area contributed by atoms with Crippen LogP contribution in [-0.2, 0) is 9.53 Å². The van der Waals surface area contributed by atoms with Gasteiger partial charge in [0, 0.05) is 16.3 Å². The number of amides is 1. The van der Waals surface area contributed by atoms with Gasteiger partial charge in [-0.2, -0.15) is 0 Å². The molecule has 1 aliphatic heterocycles. The van der Waals surface area contributed by atoms with E-state index in [1.807, 2.05) is 0 Å². The van der Waals surface area contributed by atoms with Gasteiger partial charge in [0.1, 0.15) is 11.4 Å². The van der Waals surface area contributed by atoms with Gasteiger partial charge in [0.15, 0.2) is 0 Å². The molecule has 2 aromatic rings. The molecule has 0 N–H and O–H groups in total. The number of esters is 1. The fourth-order valence-electron chi connectivity index (χ4n) is 2.77. The molecule has 1 saturated heterocycles. The minimum atomic E-state index is -0.698. The number of nitrogens with zero attached hydrogens (tertiary/aromatic N) is 1. The van der Waals surface area contributed by atoms with Crippen LogP contribution in [0.5, 0.6) is 0 Å². The molecule has 0 aliphatic carbocycles. The monoisotopic (exact) mass is 429 g/mol. The first-order valence-corrected chi connectivity index (χ1v) is 9.83. The van der Waals surface area contributed by atoms with Crippen LogP contribution in [0.25, 0.3) is 0 Å². The molecule has 2 atom stereocenters. The maximum atomic E-state index is 13.2. The maximum Gasteiger partial charge on any atom is 0.329 e. The van der Waals surface area contributed by atoms with Gasteiger partial charge in [-0.3, -0.25) is 4.79 Å². The predicted molar refractivity (Wildman–Crippen MR) is 105 cm³/mol.